The third-order valence-corrected chi connectivity index (χ3v) is 4.55. The molecule has 3 aromatic rings. The molecule has 2 N–H and O–H groups in total. The molecular weight excluding hydrogens is 368 g/mol. The van der Waals surface area contributed by atoms with Crippen LogP contribution in [0.4, 0.5) is 27.9 Å². The highest BCUT2D eigenvalue weighted by molar-refractivity contribution is 6.02. The third-order valence-electron chi connectivity index (χ3n) is 4.55. The molecule has 3 aromatic heterocycles. The first-order valence-corrected chi connectivity index (χ1v) is 9.35. The smallest absolute Gasteiger partial charge is 0.328 e. The van der Waals surface area contributed by atoms with Crippen LogP contribution < -0.4 is 20.4 Å². The molecule has 0 saturated carbocycles. The van der Waals surface area contributed by atoms with Crippen molar-refractivity contribution < 1.29 is 4.79 Å². The Labute approximate surface area is 168 Å². The number of carbonyl (C=O) groups excluding carboxylic acids is 1. The first-order valence-electron chi connectivity index (χ1n) is 9.35. The van der Waals surface area contributed by atoms with Crippen LogP contribution in [0.5, 0.6) is 0 Å². The van der Waals surface area contributed by atoms with Crippen LogP contribution in [0.25, 0.3) is 11.3 Å². The fourth-order valence-electron chi connectivity index (χ4n) is 3.06. The van der Waals surface area contributed by atoms with E-state index >= 15 is 0 Å². The van der Waals surface area contributed by atoms with Crippen molar-refractivity contribution in [3.05, 3.63) is 49.1 Å². The van der Waals surface area contributed by atoms with Gasteiger partial charge in [-0.25, -0.2) is 19.7 Å². The lowest BCUT2D eigenvalue weighted by atomic mass is 10.2. The maximum atomic E-state index is 12.9. The van der Waals surface area contributed by atoms with E-state index in [1.807, 2.05) is 43.3 Å². The van der Waals surface area contributed by atoms with Gasteiger partial charge in [-0.1, -0.05) is 0 Å². The fraction of sp³-hybridized carbons (Fsp3) is 0.250. The molecule has 9 nitrogen and oxygen atoms in total. The van der Waals surface area contributed by atoms with E-state index in [0.717, 1.165) is 35.7 Å². The predicted molar refractivity (Wildman–Crippen MR) is 113 cm³/mol. The Morgan fingerprint density at radius 1 is 1.14 bits per heavy atom. The maximum Gasteiger partial charge on any atom is 0.328 e. The second kappa shape index (κ2) is 8.09. The summed E-state index contributed by atoms with van der Waals surface area (Å²) >= 11 is 0. The Morgan fingerprint density at radius 2 is 2.03 bits per heavy atom. The van der Waals surface area contributed by atoms with E-state index in [0.29, 0.717) is 18.2 Å². The highest BCUT2D eigenvalue weighted by atomic mass is 16.2. The highest BCUT2D eigenvalue weighted by Gasteiger charge is 2.23. The van der Waals surface area contributed by atoms with Crippen molar-refractivity contribution >= 4 is 29.2 Å². The molecule has 0 atom stereocenters. The average molecular weight is 390 g/mol. The molecule has 4 rings (SSSR count). The second-order valence-electron chi connectivity index (χ2n) is 6.82. The quantitative estimate of drug-likeness (QED) is 0.709. The third kappa shape index (κ3) is 4.08. The van der Waals surface area contributed by atoms with Gasteiger partial charge in [0, 0.05) is 51.3 Å². The first-order chi connectivity index (χ1) is 14.1. The number of urea groups is 1. The van der Waals surface area contributed by atoms with Crippen molar-refractivity contribution in [2.75, 3.05) is 47.6 Å². The number of amides is 2. The number of carbonyl (C=O) groups is 1. The van der Waals surface area contributed by atoms with Gasteiger partial charge < -0.3 is 10.2 Å². The molecule has 4 heterocycles. The Hall–Kier alpha value is -3.75. The standard InChI is InChI=1S/C20H22N8O/c1-27(2)18-7-4-14(12-24-18)15-5-6-16-19(25-15)28(11-3-8-22-16)20(29)26-17-13-21-9-10-23-17/h4-7,9-10,12-13,22H,3,8,11H2,1-2H3,(H,23,26,29). The second-order valence-corrected chi connectivity index (χ2v) is 6.82. The number of hydrogen-bond acceptors (Lipinski definition) is 7. The Bertz CT molecular complexity index is 991. The van der Waals surface area contributed by atoms with Crippen LogP contribution in [0.3, 0.4) is 0 Å². The van der Waals surface area contributed by atoms with Gasteiger partial charge in [0.2, 0.25) is 0 Å². The molecule has 29 heavy (non-hydrogen) atoms. The number of hydrogen-bond donors (Lipinski definition) is 2. The zero-order valence-corrected chi connectivity index (χ0v) is 16.3. The van der Waals surface area contributed by atoms with Crippen LogP contribution in [-0.2, 0) is 0 Å². The van der Waals surface area contributed by atoms with Gasteiger partial charge in [0.25, 0.3) is 0 Å². The number of anilines is 4. The van der Waals surface area contributed by atoms with Gasteiger partial charge in [-0.3, -0.25) is 15.2 Å². The van der Waals surface area contributed by atoms with E-state index in [1.54, 1.807) is 17.3 Å². The molecule has 148 valence electrons. The number of nitrogens with zero attached hydrogens (tertiary/aromatic N) is 6. The minimum atomic E-state index is -0.291. The van der Waals surface area contributed by atoms with E-state index in [1.165, 1.54) is 12.4 Å². The van der Waals surface area contributed by atoms with E-state index in [4.69, 9.17) is 4.98 Å². The largest absolute Gasteiger partial charge is 0.382 e. The van der Waals surface area contributed by atoms with Crippen molar-refractivity contribution in [2.24, 2.45) is 0 Å². The molecule has 0 bridgehead atoms. The van der Waals surface area contributed by atoms with E-state index in [9.17, 15) is 4.79 Å². The molecule has 0 fully saturated rings. The molecule has 9 heteroatoms. The average Bonchev–Trinajstić information content (AvgIpc) is 2.96. The monoisotopic (exact) mass is 390 g/mol. The van der Waals surface area contributed by atoms with Gasteiger partial charge in [0.05, 0.1) is 17.6 Å². The van der Waals surface area contributed by atoms with Gasteiger partial charge in [0.1, 0.15) is 5.82 Å². The maximum absolute atomic E-state index is 12.9. The van der Waals surface area contributed by atoms with Gasteiger partial charge in [0.15, 0.2) is 11.6 Å². The minimum Gasteiger partial charge on any atom is -0.382 e. The van der Waals surface area contributed by atoms with Gasteiger partial charge in [-0.2, -0.15) is 0 Å². The highest BCUT2D eigenvalue weighted by Crippen LogP contribution is 2.30. The van der Waals surface area contributed by atoms with Crippen LogP contribution in [0, 0.1) is 0 Å². The van der Waals surface area contributed by atoms with Crippen LogP contribution in [-0.4, -0.2) is 53.2 Å². The molecule has 0 aromatic carbocycles. The summed E-state index contributed by atoms with van der Waals surface area (Å²) in [7, 11) is 3.89. The number of aromatic nitrogens is 4. The zero-order valence-electron chi connectivity index (χ0n) is 16.3. The van der Waals surface area contributed by atoms with Crippen LogP contribution in [0.2, 0.25) is 0 Å². The number of pyridine rings is 2. The van der Waals surface area contributed by atoms with Crippen molar-refractivity contribution in [3.63, 3.8) is 0 Å². The normalized spacial score (nSPS) is 13.1. The summed E-state index contributed by atoms with van der Waals surface area (Å²) in [4.78, 5) is 33.8. The molecule has 0 aliphatic carbocycles. The van der Waals surface area contributed by atoms with Crippen molar-refractivity contribution in [1.29, 1.82) is 0 Å². The molecular formula is C20H22N8O. The Kier molecular flexibility index (Phi) is 5.19. The Morgan fingerprint density at radius 3 is 2.76 bits per heavy atom. The lowest BCUT2D eigenvalue weighted by Crippen LogP contribution is -2.36. The summed E-state index contributed by atoms with van der Waals surface area (Å²) in [5.41, 5.74) is 2.46. The lowest BCUT2D eigenvalue weighted by Gasteiger charge is -2.22. The summed E-state index contributed by atoms with van der Waals surface area (Å²) in [5, 5.41) is 6.13. The van der Waals surface area contributed by atoms with Crippen molar-refractivity contribution in [2.45, 2.75) is 6.42 Å². The van der Waals surface area contributed by atoms with E-state index in [2.05, 4.69) is 25.6 Å². The Balaban J connectivity index is 1.65. The van der Waals surface area contributed by atoms with Gasteiger partial charge in [-0.05, 0) is 30.7 Å². The predicted octanol–water partition coefficient (Wildman–Crippen LogP) is 2.85. The topological polar surface area (TPSA) is 99.2 Å². The SMILES string of the molecule is CN(C)c1ccc(-c2ccc3c(n2)N(C(=O)Nc2cnccn2)CCCN3)cn1. The molecule has 1 aliphatic heterocycles. The number of nitrogens with one attached hydrogen (secondary N) is 2. The van der Waals surface area contributed by atoms with E-state index in [-0.39, 0.29) is 6.03 Å². The number of fused-ring (bicyclic) bond motifs is 1. The summed E-state index contributed by atoms with van der Waals surface area (Å²) in [6, 6.07) is 7.51. The fourth-order valence-corrected chi connectivity index (χ4v) is 3.06. The molecule has 2 amide bonds. The summed E-state index contributed by atoms with van der Waals surface area (Å²) < 4.78 is 0. The number of rotatable bonds is 3. The summed E-state index contributed by atoms with van der Waals surface area (Å²) in [6.07, 6.45) is 7.20. The van der Waals surface area contributed by atoms with Crippen molar-refractivity contribution in [1.82, 2.24) is 19.9 Å². The summed E-state index contributed by atoms with van der Waals surface area (Å²) in [5.74, 6) is 1.85. The molecule has 0 unspecified atom stereocenters. The van der Waals surface area contributed by atoms with Crippen LogP contribution >= 0.6 is 0 Å². The summed E-state index contributed by atoms with van der Waals surface area (Å²) in [6.45, 7) is 1.31. The minimum absolute atomic E-state index is 0.291. The zero-order chi connectivity index (χ0) is 20.2. The molecule has 0 spiro atoms. The molecule has 0 radical (unpaired) electrons. The lowest BCUT2D eigenvalue weighted by molar-refractivity contribution is 0.256. The molecule has 1 aliphatic rings. The molecule has 0 saturated heterocycles. The van der Waals surface area contributed by atoms with Crippen LogP contribution in [0.1, 0.15) is 6.42 Å². The van der Waals surface area contributed by atoms with Gasteiger partial charge >= 0.3 is 6.03 Å². The van der Waals surface area contributed by atoms with Gasteiger partial charge in [-0.15, -0.1) is 0 Å². The van der Waals surface area contributed by atoms with E-state index < -0.39 is 0 Å². The first kappa shape index (κ1) is 18.6. The van der Waals surface area contributed by atoms with Crippen molar-refractivity contribution in [3.8, 4) is 11.3 Å². The van der Waals surface area contributed by atoms with Crippen LogP contribution in [0.15, 0.2) is 49.1 Å².